The molecule has 3 radical (unpaired) electrons. The number of aromatic nitrogens is 3. The number of aldehydes is 1. The van der Waals surface area contributed by atoms with Gasteiger partial charge in [-0.1, -0.05) is 163 Å². The SMILES string of the molecule is CC.CC.CC.CON(C)C(=O)c1ccc2nc[c-]cc2c1.Cc1ccc2nc[c-]cc2c1.O=Cc1ccccc1.OC(c1ccccc1)c1ccc2nc[c-]cc2c1.[Br-].[Mg+2].[Y].[Y].[Y].[c-]1ccccc1. The minimum absolute atomic E-state index is 0. The smallest absolute Gasteiger partial charge is 1.00 e. The summed E-state index contributed by atoms with van der Waals surface area (Å²) in [6.45, 7) is 14.1. The van der Waals surface area contributed by atoms with Crippen molar-refractivity contribution >= 4 is 68.0 Å². The molecule has 0 aliphatic carbocycles. The summed E-state index contributed by atoms with van der Waals surface area (Å²) in [7, 11) is 3.02. The predicted molar refractivity (Wildman–Crippen MR) is 273 cm³/mol. The number of aliphatic hydroxyl groups excluding tert-OH is 1. The predicted octanol–water partition coefficient (Wildman–Crippen LogP) is 9.81. The summed E-state index contributed by atoms with van der Waals surface area (Å²) < 4.78 is 0. The van der Waals surface area contributed by atoms with E-state index in [1.807, 2.05) is 157 Å². The molecule has 0 aliphatic rings. The van der Waals surface area contributed by atoms with E-state index in [-0.39, 0.29) is 144 Å². The van der Waals surface area contributed by atoms with Crippen LogP contribution in [0.3, 0.4) is 0 Å². The maximum Gasteiger partial charge on any atom is 2.00 e. The van der Waals surface area contributed by atoms with E-state index in [9.17, 15) is 14.7 Å². The van der Waals surface area contributed by atoms with Gasteiger partial charge in [0.25, 0.3) is 5.91 Å². The first-order valence-corrected chi connectivity index (χ1v) is 21.6. The molecule has 0 spiro atoms. The molecule has 0 aliphatic heterocycles. The average molecular weight is 1240 g/mol. The average Bonchev–Trinajstić information content (AvgIpc) is 3.41. The summed E-state index contributed by atoms with van der Waals surface area (Å²) >= 11 is 0. The van der Waals surface area contributed by atoms with Gasteiger partial charge in [0.15, 0.2) is 0 Å². The van der Waals surface area contributed by atoms with Crippen molar-refractivity contribution in [3.8, 4) is 0 Å². The topological polar surface area (TPSA) is 106 Å². The largest absolute Gasteiger partial charge is 2.00 e. The molecule has 9 aromatic rings. The minimum atomic E-state index is -0.601. The van der Waals surface area contributed by atoms with E-state index in [2.05, 4.69) is 58.3 Å². The van der Waals surface area contributed by atoms with Gasteiger partial charge in [-0.25, -0.2) is 41.5 Å². The van der Waals surface area contributed by atoms with Gasteiger partial charge in [0.2, 0.25) is 0 Å². The zero-order valence-electron chi connectivity index (χ0n) is 41.8. The van der Waals surface area contributed by atoms with Gasteiger partial charge in [-0.05, 0) is 34.6 Å². The fraction of sp³-hybridized carbons (Fsp3) is 0.175. The van der Waals surface area contributed by atoms with Crippen LogP contribution in [0.5, 0.6) is 0 Å². The number of hydroxylamine groups is 2. The molecule has 0 fully saturated rings. The standard InChI is InChI=1S/C16H12NO.C12H11N2O2.C10H8N.C7H6O.C6H5.3C2H6.BrH.Mg.3Y/c18-16(12-5-2-1-3-6-12)14-8-9-15-13(11-14)7-4-10-17-15;1-14(16-2)12(15)10-5-6-11-9(8-10)4-3-7-13-11;1-8-4-5-10-9(7-8)3-2-6-11-10;8-6-7-4-2-1-3-5-7;1-2-4-6-5-3-1;3*1-2;;;;;/h1-3,5-11,16,18H;4-8H,1-2H3;3-7H,1H3;1-6H;1-5H;3*1-2H3;1H;;;;/q3*-1;;-1;;;;;+2;;;/p-1. The van der Waals surface area contributed by atoms with Crippen LogP contribution in [0.25, 0.3) is 32.7 Å². The Morgan fingerprint density at radius 3 is 1.44 bits per heavy atom. The van der Waals surface area contributed by atoms with Crippen LogP contribution in [0.1, 0.15) is 85.1 Å². The van der Waals surface area contributed by atoms with Crippen LogP contribution in [0.15, 0.2) is 182 Å². The van der Waals surface area contributed by atoms with Crippen molar-refractivity contribution in [1.82, 2.24) is 20.0 Å². The second kappa shape index (κ2) is 46.0. The second-order valence-electron chi connectivity index (χ2n) is 12.8. The van der Waals surface area contributed by atoms with Crippen LogP contribution in [0.2, 0.25) is 0 Å². The molecule has 6 aromatic carbocycles. The number of carbonyl (C=O) groups is 2. The Hall–Kier alpha value is -2.83. The molecule has 9 rings (SSSR count). The number of aryl methyl sites for hydroxylation is 1. The number of aliphatic hydroxyl groups is 1. The summed E-state index contributed by atoms with van der Waals surface area (Å²) in [5, 5.41) is 14.5. The van der Waals surface area contributed by atoms with Crippen LogP contribution in [-0.4, -0.2) is 74.5 Å². The van der Waals surface area contributed by atoms with Gasteiger partial charge in [-0.3, -0.25) is 29.4 Å². The van der Waals surface area contributed by atoms with E-state index in [0.29, 0.717) is 5.56 Å². The van der Waals surface area contributed by atoms with Gasteiger partial charge in [-0.2, -0.15) is 36.4 Å². The maximum atomic E-state index is 11.8. The van der Waals surface area contributed by atoms with Crippen molar-refractivity contribution in [3.05, 3.63) is 234 Å². The zero-order valence-corrected chi connectivity index (χ0v) is 53.3. The Morgan fingerprint density at radius 2 is 1.01 bits per heavy atom. The monoisotopic (exact) mass is 1230 g/mol. The van der Waals surface area contributed by atoms with Gasteiger partial charge >= 0.3 is 23.1 Å². The summed E-state index contributed by atoms with van der Waals surface area (Å²) in [6, 6.07) is 62.9. The number of halogens is 1. The van der Waals surface area contributed by atoms with Gasteiger partial charge in [0.05, 0.1) is 7.11 Å². The molecule has 3 heterocycles. The van der Waals surface area contributed by atoms with Gasteiger partial charge in [0, 0.05) is 116 Å². The molecule has 353 valence electrons. The Morgan fingerprint density at radius 1 is 0.586 bits per heavy atom. The van der Waals surface area contributed by atoms with Crippen molar-refractivity contribution < 1.29 is 135 Å². The summed E-state index contributed by atoms with van der Waals surface area (Å²) in [5.41, 5.74) is 7.12. The molecule has 1 amide bonds. The molecular weight excluding hydrogens is 1180 g/mol. The zero-order chi connectivity index (χ0) is 47.7. The number of fused-ring (bicyclic) bond motifs is 3. The molecule has 70 heavy (non-hydrogen) atoms. The third-order valence-corrected chi connectivity index (χ3v) is 8.59. The minimum Gasteiger partial charge on any atom is -1.00 e. The number of pyridine rings is 3. The molecular formula is C57H60BrMgN4O4Y3-3. The van der Waals surface area contributed by atoms with Crippen molar-refractivity contribution in [3.63, 3.8) is 0 Å². The van der Waals surface area contributed by atoms with E-state index < -0.39 is 6.10 Å². The van der Waals surface area contributed by atoms with Gasteiger partial charge < -0.3 is 22.1 Å². The first-order chi connectivity index (χ1) is 31.9. The number of hydrogen-bond acceptors (Lipinski definition) is 7. The number of benzene rings is 6. The third-order valence-electron chi connectivity index (χ3n) is 8.59. The molecule has 13 heteroatoms. The fourth-order valence-corrected chi connectivity index (χ4v) is 5.47. The Labute approximate surface area is 519 Å². The molecule has 8 nitrogen and oxygen atoms in total. The fourth-order valence-electron chi connectivity index (χ4n) is 5.47. The van der Waals surface area contributed by atoms with Crippen LogP contribution in [0, 0.1) is 31.2 Å². The molecule has 1 N–H and O–H groups in total. The summed E-state index contributed by atoms with van der Waals surface area (Å²) in [5.74, 6) is -0.187. The first kappa shape index (κ1) is 73.7. The summed E-state index contributed by atoms with van der Waals surface area (Å²) in [6.07, 6.45) is 5.18. The molecule has 1 atom stereocenters. The van der Waals surface area contributed by atoms with Crippen molar-refractivity contribution in [2.75, 3.05) is 14.2 Å². The molecule has 0 saturated heterocycles. The number of hydrogen-bond donors (Lipinski definition) is 1. The van der Waals surface area contributed by atoms with Gasteiger partial charge in [-0.15, -0.1) is 34.4 Å². The van der Waals surface area contributed by atoms with Crippen LogP contribution >= 0.6 is 0 Å². The quantitative estimate of drug-likeness (QED) is 0.0793. The summed E-state index contributed by atoms with van der Waals surface area (Å²) in [4.78, 5) is 39.2. The van der Waals surface area contributed by atoms with Crippen molar-refractivity contribution in [1.29, 1.82) is 0 Å². The van der Waals surface area contributed by atoms with Gasteiger partial charge in [0.1, 0.15) is 12.4 Å². The van der Waals surface area contributed by atoms with Crippen LogP contribution in [0.4, 0.5) is 0 Å². The van der Waals surface area contributed by atoms with Crippen LogP contribution in [-0.2, 0) is 103 Å². The second-order valence-corrected chi connectivity index (χ2v) is 12.8. The molecule has 0 bridgehead atoms. The Kier molecular flexibility index (Phi) is 48.4. The molecule has 0 saturated carbocycles. The van der Waals surface area contributed by atoms with E-state index in [4.69, 9.17) is 4.84 Å². The maximum absolute atomic E-state index is 11.8. The number of amides is 1. The van der Waals surface area contributed by atoms with E-state index in [1.165, 1.54) is 17.7 Å². The Bertz CT molecular complexity index is 2650. The first-order valence-electron chi connectivity index (χ1n) is 21.6. The third kappa shape index (κ3) is 27.3. The van der Waals surface area contributed by atoms with Crippen molar-refractivity contribution in [2.45, 2.75) is 54.6 Å². The number of nitrogens with zero attached hydrogens (tertiary/aromatic N) is 4. The van der Waals surface area contributed by atoms with E-state index in [1.54, 1.807) is 62.0 Å². The van der Waals surface area contributed by atoms with Crippen molar-refractivity contribution in [2.24, 2.45) is 0 Å². The van der Waals surface area contributed by atoms with E-state index >= 15 is 0 Å². The number of rotatable bonds is 5. The Balaban J connectivity index is -0.000000386. The molecule has 1 unspecified atom stereocenters. The normalized spacial score (nSPS) is 9.11. The van der Waals surface area contributed by atoms with E-state index in [0.717, 1.165) is 55.7 Å². The number of carbonyl (C=O) groups excluding carboxylic acids is 2. The molecule has 3 aromatic heterocycles. The van der Waals surface area contributed by atoms with Crippen LogP contribution < -0.4 is 17.0 Å².